The third-order valence-corrected chi connectivity index (χ3v) is 3.71. The summed E-state index contributed by atoms with van der Waals surface area (Å²) in [6.07, 6.45) is 0. The Morgan fingerprint density at radius 2 is 1.52 bits per heavy atom. The van der Waals surface area contributed by atoms with E-state index in [0.29, 0.717) is 13.1 Å². The number of nitrogens with one attached hydrogen (secondary N) is 1. The van der Waals surface area contributed by atoms with E-state index in [-0.39, 0.29) is 13.2 Å². The molecule has 0 aliphatic carbocycles. The third kappa shape index (κ3) is 2.53. The molecule has 0 amide bonds. The number of aromatic amines is 1. The molecule has 0 saturated heterocycles. The first-order chi connectivity index (χ1) is 10.2. The second kappa shape index (κ2) is 5.63. The Morgan fingerprint density at radius 1 is 0.905 bits per heavy atom. The SMILES string of the molecule is Nc1ccc2[nH]c3ccc(N(CCO)CCO)cc3c2c1. The number of aromatic nitrogens is 1. The van der Waals surface area contributed by atoms with Crippen LogP contribution in [-0.2, 0) is 0 Å². The molecular formula is C16H19N3O2. The molecule has 0 aliphatic rings. The lowest BCUT2D eigenvalue weighted by Crippen LogP contribution is -2.29. The van der Waals surface area contributed by atoms with Crippen molar-refractivity contribution in [3.8, 4) is 0 Å². The fourth-order valence-corrected chi connectivity index (χ4v) is 2.71. The molecule has 0 saturated carbocycles. The monoisotopic (exact) mass is 285 g/mol. The van der Waals surface area contributed by atoms with E-state index in [2.05, 4.69) is 11.1 Å². The minimum Gasteiger partial charge on any atom is -0.399 e. The Hall–Kier alpha value is -2.24. The maximum absolute atomic E-state index is 9.16. The van der Waals surface area contributed by atoms with Gasteiger partial charge in [0.1, 0.15) is 0 Å². The van der Waals surface area contributed by atoms with Crippen molar-refractivity contribution in [3.05, 3.63) is 36.4 Å². The van der Waals surface area contributed by atoms with Gasteiger partial charge in [-0.25, -0.2) is 0 Å². The zero-order chi connectivity index (χ0) is 14.8. The fraction of sp³-hybridized carbons (Fsp3) is 0.250. The van der Waals surface area contributed by atoms with Crippen LogP contribution >= 0.6 is 0 Å². The lowest BCUT2D eigenvalue weighted by molar-refractivity contribution is 0.281. The summed E-state index contributed by atoms with van der Waals surface area (Å²) in [4.78, 5) is 5.33. The predicted molar refractivity (Wildman–Crippen MR) is 86.6 cm³/mol. The fourth-order valence-electron chi connectivity index (χ4n) is 2.71. The lowest BCUT2D eigenvalue weighted by atomic mass is 10.1. The van der Waals surface area contributed by atoms with Crippen molar-refractivity contribution in [1.82, 2.24) is 4.98 Å². The van der Waals surface area contributed by atoms with Gasteiger partial charge in [-0.2, -0.15) is 0 Å². The summed E-state index contributed by atoms with van der Waals surface area (Å²) < 4.78 is 0. The number of hydrogen-bond donors (Lipinski definition) is 4. The highest BCUT2D eigenvalue weighted by Crippen LogP contribution is 2.30. The summed E-state index contributed by atoms with van der Waals surface area (Å²) in [5, 5.41) is 20.5. The van der Waals surface area contributed by atoms with Gasteiger partial charge in [0.15, 0.2) is 0 Å². The van der Waals surface area contributed by atoms with Gasteiger partial charge in [0.2, 0.25) is 0 Å². The van der Waals surface area contributed by atoms with Gasteiger partial charge < -0.3 is 25.8 Å². The van der Waals surface area contributed by atoms with E-state index in [1.807, 2.05) is 35.2 Å². The van der Waals surface area contributed by atoms with Crippen LogP contribution in [0.15, 0.2) is 36.4 Å². The molecule has 0 spiro atoms. The van der Waals surface area contributed by atoms with E-state index in [4.69, 9.17) is 15.9 Å². The second-order valence-corrected chi connectivity index (χ2v) is 5.09. The normalized spacial score (nSPS) is 11.3. The largest absolute Gasteiger partial charge is 0.399 e. The van der Waals surface area contributed by atoms with E-state index in [0.717, 1.165) is 33.2 Å². The van der Waals surface area contributed by atoms with Gasteiger partial charge >= 0.3 is 0 Å². The van der Waals surface area contributed by atoms with Crippen LogP contribution in [0.25, 0.3) is 21.8 Å². The molecule has 5 heteroatoms. The Kier molecular flexibility index (Phi) is 3.68. The van der Waals surface area contributed by atoms with Crippen molar-refractivity contribution >= 4 is 33.2 Å². The van der Waals surface area contributed by atoms with Crippen molar-refractivity contribution in [2.24, 2.45) is 0 Å². The Labute approximate surface area is 122 Å². The van der Waals surface area contributed by atoms with Crippen molar-refractivity contribution in [3.63, 3.8) is 0 Å². The van der Waals surface area contributed by atoms with Gasteiger partial charge in [0.05, 0.1) is 13.2 Å². The van der Waals surface area contributed by atoms with Gasteiger partial charge in [0, 0.05) is 46.3 Å². The number of nitrogens with two attached hydrogens (primary N) is 1. The minimum atomic E-state index is 0.0544. The van der Waals surface area contributed by atoms with E-state index >= 15 is 0 Å². The number of nitrogens with zero attached hydrogens (tertiary/aromatic N) is 1. The summed E-state index contributed by atoms with van der Waals surface area (Å²) in [5.74, 6) is 0. The number of rotatable bonds is 5. The van der Waals surface area contributed by atoms with Crippen LogP contribution < -0.4 is 10.6 Å². The molecule has 0 unspecified atom stereocenters. The molecule has 110 valence electrons. The molecule has 5 N–H and O–H groups in total. The highest BCUT2D eigenvalue weighted by atomic mass is 16.3. The van der Waals surface area contributed by atoms with Crippen molar-refractivity contribution in [2.75, 3.05) is 36.9 Å². The van der Waals surface area contributed by atoms with E-state index in [1.54, 1.807) is 0 Å². The number of aliphatic hydroxyl groups excluding tert-OH is 2. The molecule has 0 radical (unpaired) electrons. The van der Waals surface area contributed by atoms with Gasteiger partial charge in [-0.1, -0.05) is 0 Å². The Morgan fingerprint density at radius 3 is 2.19 bits per heavy atom. The predicted octanol–water partition coefficient (Wildman–Crippen LogP) is 1.69. The molecule has 0 bridgehead atoms. The molecule has 3 rings (SSSR count). The Bertz CT molecular complexity index is 761. The number of benzene rings is 2. The molecule has 0 aliphatic heterocycles. The van der Waals surface area contributed by atoms with E-state index in [9.17, 15) is 0 Å². The molecular weight excluding hydrogens is 266 g/mol. The highest BCUT2D eigenvalue weighted by molar-refractivity contribution is 6.09. The molecule has 1 heterocycles. The third-order valence-electron chi connectivity index (χ3n) is 3.71. The summed E-state index contributed by atoms with van der Waals surface area (Å²) in [7, 11) is 0. The summed E-state index contributed by atoms with van der Waals surface area (Å²) >= 11 is 0. The van der Waals surface area contributed by atoms with Crippen LogP contribution in [0.4, 0.5) is 11.4 Å². The van der Waals surface area contributed by atoms with Crippen LogP contribution in [0.3, 0.4) is 0 Å². The molecule has 21 heavy (non-hydrogen) atoms. The van der Waals surface area contributed by atoms with Gasteiger partial charge in [0.25, 0.3) is 0 Å². The van der Waals surface area contributed by atoms with Crippen LogP contribution in [0.2, 0.25) is 0 Å². The quantitative estimate of drug-likeness (QED) is 0.537. The number of H-pyrrole nitrogens is 1. The van der Waals surface area contributed by atoms with E-state index < -0.39 is 0 Å². The smallest absolute Gasteiger partial charge is 0.0606 e. The minimum absolute atomic E-state index is 0.0544. The van der Waals surface area contributed by atoms with Crippen LogP contribution in [0, 0.1) is 0 Å². The standard InChI is InChI=1S/C16H19N3O2/c17-11-1-3-15-13(9-11)14-10-12(2-4-16(14)18-15)19(5-7-20)6-8-21/h1-4,9-10,18,20-21H,5-8,17H2. The number of fused-ring (bicyclic) bond motifs is 3. The first kappa shape index (κ1) is 13.7. The number of aliphatic hydroxyl groups is 2. The van der Waals surface area contributed by atoms with Gasteiger partial charge in [-0.05, 0) is 36.4 Å². The molecule has 1 aromatic heterocycles. The van der Waals surface area contributed by atoms with Crippen LogP contribution in [0.1, 0.15) is 0 Å². The van der Waals surface area contributed by atoms with Gasteiger partial charge in [-0.15, -0.1) is 0 Å². The lowest BCUT2D eigenvalue weighted by Gasteiger charge is -2.23. The second-order valence-electron chi connectivity index (χ2n) is 5.09. The summed E-state index contributed by atoms with van der Waals surface area (Å²) in [5.41, 5.74) is 9.69. The first-order valence-electron chi connectivity index (χ1n) is 7.00. The maximum atomic E-state index is 9.16. The molecule has 3 aromatic rings. The average molecular weight is 285 g/mol. The van der Waals surface area contributed by atoms with Gasteiger partial charge in [-0.3, -0.25) is 0 Å². The molecule has 0 fully saturated rings. The molecule has 2 aromatic carbocycles. The Balaban J connectivity index is 2.13. The summed E-state index contributed by atoms with van der Waals surface area (Å²) in [6, 6.07) is 11.9. The van der Waals surface area contributed by atoms with Crippen molar-refractivity contribution < 1.29 is 10.2 Å². The van der Waals surface area contributed by atoms with Crippen LogP contribution in [-0.4, -0.2) is 41.5 Å². The number of nitrogen functional groups attached to an aromatic ring is 1. The average Bonchev–Trinajstić information content (AvgIpc) is 2.84. The maximum Gasteiger partial charge on any atom is 0.0606 e. The number of anilines is 2. The zero-order valence-electron chi connectivity index (χ0n) is 11.7. The zero-order valence-corrected chi connectivity index (χ0v) is 11.7. The van der Waals surface area contributed by atoms with Crippen LogP contribution in [0.5, 0.6) is 0 Å². The van der Waals surface area contributed by atoms with Crippen molar-refractivity contribution in [1.29, 1.82) is 0 Å². The topological polar surface area (TPSA) is 85.5 Å². The first-order valence-corrected chi connectivity index (χ1v) is 7.00. The van der Waals surface area contributed by atoms with E-state index in [1.165, 1.54) is 0 Å². The highest BCUT2D eigenvalue weighted by Gasteiger charge is 2.09. The molecule has 0 atom stereocenters. The number of hydrogen-bond acceptors (Lipinski definition) is 4. The molecule has 5 nitrogen and oxygen atoms in total. The van der Waals surface area contributed by atoms with Crippen molar-refractivity contribution in [2.45, 2.75) is 0 Å². The summed E-state index contributed by atoms with van der Waals surface area (Å²) in [6.45, 7) is 1.10.